The van der Waals surface area contributed by atoms with E-state index in [4.69, 9.17) is 21.7 Å². The molecule has 0 radical (unpaired) electrons. The van der Waals surface area contributed by atoms with Gasteiger partial charge in [-0.05, 0) is 12.8 Å². The minimum Gasteiger partial charge on any atom is -0.460 e. The van der Waals surface area contributed by atoms with Crippen molar-refractivity contribution in [1.29, 1.82) is 0 Å². The third kappa shape index (κ3) is 7.85. The molecule has 0 spiro atoms. The zero-order chi connectivity index (χ0) is 17.1. The van der Waals surface area contributed by atoms with Crippen LogP contribution in [0.25, 0.3) is 0 Å². The number of ether oxygens (including phenoxy) is 2. The zero-order valence-corrected chi connectivity index (χ0v) is 15.0. The molecule has 0 aliphatic carbocycles. The minimum atomic E-state index is -0.770. The monoisotopic (exact) mass is 344 g/mol. The molecule has 0 aromatic heterocycles. The third-order valence-corrected chi connectivity index (χ3v) is 4.07. The van der Waals surface area contributed by atoms with E-state index < -0.39 is 17.8 Å². The van der Waals surface area contributed by atoms with Gasteiger partial charge in [-0.1, -0.05) is 32.5 Å². The second kappa shape index (κ2) is 11.5. The fourth-order valence-corrected chi connectivity index (χ4v) is 2.46. The number of ketones is 1. The van der Waals surface area contributed by atoms with Crippen LogP contribution in [-0.2, 0) is 19.1 Å². The summed E-state index contributed by atoms with van der Waals surface area (Å²) < 4.78 is 10.3. The number of hydrogen-bond acceptors (Lipinski definition) is 6. The Labute approximate surface area is 143 Å². The average Bonchev–Trinajstić information content (AvgIpc) is 2.58. The number of esters is 1. The van der Waals surface area contributed by atoms with Gasteiger partial charge in [-0.3, -0.25) is 9.69 Å². The first kappa shape index (κ1) is 20.0. The Morgan fingerprint density at radius 2 is 2.00 bits per heavy atom. The summed E-state index contributed by atoms with van der Waals surface area (Å²) >= 11 is 5.30. The van der Waals surface area contributed by atoms with Crippen LogP contribution in [0.15, 0.2) is 0 Å². The van der Waals surface area contributed by atoms with E-state index in [0.29, 0.717) is 24.4 Å². The van der Waals surface area contributed by atoms with Gasteiger partial charge in [-0.25, -0.2) is 4.79 Å². The van der Waals surface area contributed by atoms with Crippen LogP contribution in [-0.4, -0.2) is 67.1 Å². The first-order chi connectivity index (χ1) is 11.1. The number of thiocarbonyl (C=S) groups is 1. The number of nitrogens with one attached hydrogen (secondary N) is 1. The molecule has 6 nitrogen and oxygen atoms in total. The number of carbonyl (C=O) groups is 2. The summed E-state index contributed by atoms with van der Waals surface area (Å²) in [7, 11) is 0. The summed E-state index contributed by atoms with van der Waals surface area (Å²) in [5.41, 5.74) is 0. The van der Waals surface area contributed by atoms with Gasteiger partial charge in [0, 0.05) is 26.1 Å². The molecule has 1 heterocycles. The number of hydrogen-bond donors (Lipinski definition) is 1. The largest absolute Gasteiger partial charge is 0.460 e. The normalized spacial score (nSPS) is 16.6. The highest BCUT2D eigenvalue weighted by molar-refractivity contribution is 7.80. The van der Waals surface area contributed by atoms with Gasteiger partial charge < -0.3 is 14.8 Å². The van der Waals surface area contributed by atoms with Crippen LogP contribution in [0.3, 0.4) is 0 Å². The molecular formula is C16H28N2O4S. The maximum absolute atomic E-state index is 12.1. The lowest BCUT2D eigenvalue weighted by Gasteiger charge is -2.27. The predicted octanol–water partition coefficient (Wildman–Crippen LogP) is 1.32. The minimum absolute atomic E-state index is 0.291. The van der Waals surface area contributed by atoms with Gasteiger partial charge in [-0.15, -0.1) is 0 Å². The lowest BCUT2D eigenvalue weighted by molar-refractivity contribution is -0.154. The summed E-state index contributed by atoms with van der Waals surface area (Å²) in [4.78, 5) is 26.7. The summed E-state index contributed by atoms with van der Waals surface area (Å²) in [5, 5.41) is 3.00. The highest BCUT2D eigenvalue weighted by atomic mass is 32.1. The number of carbonyl (C=O) groups excluding carboxylic acids is 2. The van der Waals surface area contributed by atoms with Crippen LogP contribution in [0.4, 0.5) is 0 Å². The first-order valence-electron chi connectivity index (χ1n) is 8.38. The van der Waals surface area contributed by atoms with Crippen molar-refractivity contribution in [2.24, 2.45) is 0 Å². The van der Waals surface area contributed by atoms with Crippen LogP contribution in [0, 0.1) is 0 Å². The van der Waals surface area contributed by atoms with E-state index in [1.165, 1.54) is 0 Å². The van der Waals surface area contributed by atoms with Crippen molar-refractivity contribution in [3.63, 3.8) is 0 Å². The molecule has 1 unspecified atom stereocenters. The average molecular weight is 344 g/mol. The summed E-state index contributed by atoms with van der Waals surface area (Å²) in [6.07, 6.45) is 2.85. The van der Waals surface area contributed by atoms with Crippen molar-refractivity contribution in [3.8, 4) is 0 Å². The molecule has 0 aromatic carbocycles. The predicted molar refractivity (Wildman–Crippen MR) is 92.6 cm³/mol. The number of rotatable bonds is 10. The van der Waals surface area contributed by atoms with Crippen LogP contribution < -0.4 is 5.32 Å². The zero-order valence-electron chi connectivity index (χ0n) is 14.1. The molecule has 1 rings (SSSR count). The van der Waals surface area contributed by atoms with Gasteiger partial charge in [-0.2, -0.15) is 0 Å². The quantitative estimate of drug-likeness (QED) is 0.277. The number of Topliss-reactive ketones (excluding diaryl/α,β-unsaturated/α-hetero) is 1. The number of morpholine rings is 1. The molecule has 0 aromatic rings. The maximum atomic E-state index is 12.1. The Hall–Kier alpha value is -1.05. The van der Waals surface area contributed by atoms with Gasteiger partial charge in [0.05, 0.1) is 30.9 Å². The molecule has 1 fully saturated rings. The van der Waals surface area contributed by atoms with Crippen molar-refractivity contribution in [2.45, 2.75) is 45.6 Å². The fourth-order valence-electron chi connectivity index (χ4n) is 2.23. The second-order valence-electron chi connectivity index (χ2n) is 5.59. The van der Waals surface area contributed by atoms with E-state index in [0.717, 1.165) is 45.7 Å². The fraction of sp³-hybridized carbons (Fsp3) is 0.812. The Morgan fingerprint density at radius 3 is 2.61 bits per heavy atom. The topological polar surface area (TPSA) is 67.9 Å². The van der Waals surface area contributed by atoms with E-state index in [9.17, 15) is 9.59 Å². The Kier molecular flexibility index (Phi) is 9.98. The molecule has 0 amide bonds. The van der Waals surface area contributed by atoms with E-state index in [-0.39, 0.29) is 0 Å². The van der Waals surface area contributed by atoms with Crippen LogP contribution in [0.1, 0.15) is 39.5 Å². The summed E-state index contributed by atoms with van der Waals surface area (Å²) in [6, 6.07) is -0.596. The summed E-state index contributed by atoms with van der Waals surface area (Å²) in [5.74, 6) is -1.31. The van der Waals surface area contributed by atoms with Crippen molar-refractivity contribution in [2.75, 3.05) is 39.5 Å². The highest BCUT2D eigenvalue weighted by Gasteiger charge is 2.25. The van der Waals surface area contributed by atoms with Gasteiger partial charge in [0.1, 0.15) is 0 Å². The Balaban J connectivity index is 2.33. The van der Waals surface area contributed by atoms with E-state index in [1.807, 2.05) is 13.8 Å². The standard InChI is InChI=1S/C16H28N2O4S/c1-3-5-10-22-16(20)15(19)13(4-2)17-14(23)6-7-18-8-11-21-12-9-18/h13H,3-12H2,1-2H3,(H,17,23). The summed E-state index contributed by atoms with van der Waals surface area (Å²) in [6.45, 7) is 8.28. The lowest BCUT2D eigenvalue weighted by atomic mass is 10.1. The van der Waals surface area contributed by atoms with Gasteiger partial charge in [0.2, 0.25) is 0 Å². The SMILES string of the molecule is CCCCOC(=O)C(=O)C(CC)NC(=S)CCN1CCOCC1. The molecule has 1 saturated heterocycles. The van der Waals surface area contributed by atoms with Gasteiger partial charge >= 0.3 is 5.97 Å². The molecule has 1 aliphatic rings. The maximum Gasteiger partial charge on any atom is 0.376 e. The molecule has 7 heteroatoms. The van der Waals surface area contributed by atoms with Crippen LogP contribution in [0.2, 0.25) is 0 Å². The Bertz CT molecular complexity index is 398. The molecule has 0 bridgehead atoms. The van der Waals surface area contributed by atoms with Crippen molar-refractivity contribution >= 4 is 29.0 Å². The van der Waals surface area contributed by atoms with Crippen molar-refractivity contribution < 1.29 is 19.1 Å². The van der Waals surface area contributed by atoms with E-state index in [1.54, 1.807) is 0 Å². The van der Waals surface area contributed by atoms with Crippen molar-refractivity contribution in [3.05, 3.63) is 0 Å². The molecule has 1 atom stereocenters. The van der Waals surface area contributed by atoms with Crippen LogP contribution in [0.5, 0.6) is 0 Å². The molecule has 1 aliphatic heterocycles. The third-order valence-electron chi connectivity index (χ3n) is 3.75. The highest BCUT2D eigenvalue weighted by Crippen LogP contribution is 2.02. The number of unbranched alkanes of at least 4 members (excludes halogenated alkanes) is 1. The van der Waals surface area contributed by atoms with Gasteiger partial charge in [0.25, 0.3) is 5.78 Å². The molecule has 132 valence electrons. The van der Waals surface area contributed by atoms with Crippen molar-refractivity contribution in [1.82, 2.24) is 10.2 Å². The van der Waals surface area contributed by atoms with E-state index in [2.05, 4.69) is 10.2 Å². The Morgan fingerprint density at radius 1 is 1.30 bits per heavy atom. The molecular weight excluding hydrogens is 316 g/mol. The van der Waals surface area contributed by atoms with Crippen LogP contribution >= 0.6 is 12.2 Å². The molecule has 1 N–H and O–H groups in total. The molecule has 0 saturated carbocycles. The smallest absolute Gasteiger partial charge is 0.376 e. The lowest BCUT2D eigenvalue weighted by Crippen LogP contribution is -2.45. The van der Waals surface area contributed by atoms with E-state index >= 15 is 0 Å². The van der Waals surface area contributed by atoms with Gasteiger partial charge in [0.15, 0.2) is 0 Å². The molecule has 23 heavy (non-hydrogen) atoms. The number of nitrogens with zero attached hydrogens (tertiary/aromatic N) is 1. The first-order valence-corrected chi connectivity index (χ1v) is 8.79. The second-order valence-corrected chi connectivity index (χ2v) is 6.08.